The molecule has 5 nitrogen and oxygen atoms in total. The highest BCUT2D eigenvalue weighted by molar-refractivity contribution is 7.18. The number of carbonyl (C=O) groups excluding carboxylic acids is 1. The van der Waals surface area contributed by atoms with E-state index in [9.17, 15) is 4.79 Å². The number of thiazole rings is 1. The first-order valence-electron chi connectivity index (χ1n) is 5.66. The van der Waals surface area contributed by atoms with Crippen molar-refractivity contribution < 1.29 is 4.79 Å². The van der Waals surface area contributed by atoms with E-state index in [1.807, 2.05) is 27.7 Å². The molecule has 0 aliphatic carbocycles. The number of nitrogen functional groups attached to an aromatic ring is 1. The lowest BCUT2D eigenvalue weighted by atomic mass is 10.1. The Balaban J connectivity index is 2.78. The van der Waals surface area contributed by atoms with Gasteiger partial charge in [0.15, 0.2) is 5.13 Å². The molecule has 1 aromatic rings. The maximum absolute atomic E-state index is 11.8. The number of nitrogens with zero attached hydrogens (tertiary/aromatic N) is 1. The van der Waals surface area contributed by atoms with Gasteiger partial charge in [0, 0.05) is 12.1 Å². The Bertz CT molecular complexity index is 395. The van der Waals surface area contributed by atoms with Crippen molar-refractivity contribution in [3.63, 3.8) is 0 Å². The van der Waals surface area contributed by atoms with E-state index < -0.39 is 0 Å². The third-order valence-corrected chi connectivity index (χ3v) is 2.86. The lowest BCUT2D eigenvalue weighted by Crippen LogP contribution is -2.25. The van der Waals surface area contributed by atoms with Crippen LogP contribution in [0.4, 0.5) is 10.9 Å². The number of nitrogens with two attached hydrogens (primary N) is 1. The third kappa shape index (κ3) is 4.22. The summed E-state index contributed by atoms with van der Waals surface area (Å²) in [6.45, 7) is 8.74. The van der Waals surface area contributed by atoms with Gasteiger partial charge < -0.3 is 16.4 Å². The van der Waals surface area contributed by atoms with Gasteiger partial charge in [-0.2, -0.15) is 0 Å². The molecule has 0 aliphatic heterocycles. The summed E-state index contributed by atoms with van der Waals surface area (Å²) >= 11 is 1.29. The zero-order valence-corrected chi connectivity index (χ0v) is 11.6. The SMILES string of the molecule is CCCNC(=O)c1sc(NC(C)(C)C)nc1N. The van der Waals surface area contributed by atoms with E-state index >= 15 is 0 Å². The van der Waals surface area contributed by atoms with Gasteiger partial charge in [-0.1, -0.05) is 18.3 Å². The van der Waals surface area contributed by atoms with Crippen LogP contribution in [0.3, 0.4) is 0 Å². The summed E-state index contributed by atoms with van der Waals surface area (Å²) in [4.78, 5) is 16.4. The molecule has 1 heterocycles. The molecule has 1 aromatic heterocycles. The van der Waals surface area contributed by atoms with Crippen LogP contribution in [0.2, 0.25) is 0 Å². The molecule has 0 atom stereocenters. The molecular formula is C11H20N4OS. The summed E-state index contributed by atoms with van der Waals surface area (Å²) in [6.07, 6.45) is 0.900. The second kappa shape index (κ2) is 5.35. The summed E-state index contributed by atoms with van der Waals surface area (Å²) in [6, 6.07) is 0. The summed E-state index contributed by atoms with van der Waals surface area (Å²) in [5, 5.41) is 6.67. The number of hydrogen-bond acceptors (Lipinski definition) is 5. The summed E-state index contributed by atoms with van der Waals surface area (Å²) in [5.74, 6) is 0.138. The Morgan fingerprint density at radius 3 is 2.65 bits per heavy atom. The average molecular weight is 256 g/mol. The second-order valence-corrected chi connectivity index (χ2v) is 5.86. The van der Waals surface area contributed by atoms with E-state index in [0.29, 0.717) is 16.6 Å². The van der Waals surface area contributed by atoms with E-state index in [0.717, 1.165) is 6.42 Å². The first-order valence-corrected chi connectivity index (χ1v) is 6.48. The first kappa shape index (κ1) is 13.8. The van der Waals surface area contributed by atoms with Crippen molar-refractivity contribution in [2.45, 2.75) is 39.7 Å². The molecule has 0 unspecified atom stereocenters. The number of nitrogens with one attached hydrogen (secondary N) is 2. The van der Waals surface area contributed by atoms with Crippen LogP contribution in [0.1, 0.15) is 43.8 Å². The van der Waals surface area contributed by atoms with Crippen molar-refractivity contribution in [1.82, 2.24) is 10.3 Å². The zero-order valence-electron chi connectivity index (χ0n) is 10.8. The van der Waals surface area contributed by atoms with Gasteiger partial charge >= 0.3 is 0 Å². The molecule has 0 bridgehead atoms. The highest BCUT2D eigenvalue weighted by Crippen LogP contribution is 2.26. The number of amides is 1. The highest BCUT2D eigenvalue weighted by Gasteiger charge is 2.18. The van der Waals surface area contributed by atoms with E-state index in [2.05, 4.69) is 15.6 Å². The molecule has 1 amide bonds. The van der Waals surface area contributed by atoms with Gasteiger partial charge in [-0.25, -0.2) is 4.98 Å². The Kier molecular flexibility index (Phi) is 4.34. The van der Waals surface area contributed by atoms with Gasteiger partial charge in [0.05, 0.1) is 0 Å². The molecule has 0 radical (unpaired) electrons. The number of rotatable bonds is 4. The van der Waals surface area contributed by atoms with Crippen LogP contribution in [0.25, 0.3) is 0 Å². The topological polar surface area (TPSA) is 80.0 Å². The van der Waals surface area contributed by atoms with Crippen molar-refractivity contribution in [2.24, 2.45) is 0 Å². The van der Waals surface area contributed by atoms with Gasteiger partial charge in [-0.15, -0.1) is 0 Å². The van der Waals surface area contributed by atoms with E-state index in [4.69, 9.17) is 5.73 Å². The van der Waals surface area contributed by atoms with Gasteiger partial charge in [0.25, 0.3) is 5.91 Å². The lowest BCUT2D eigenvalue weighted by Gasteiger charge is -2.19. The summed E-state index contributed by atoms with van der Waals surface area (Å²) < 4.78 is 0. The minimum atomic E-state index is -0.149. The quantitative estimate of drug-likeness (QED) is 0.770. The molecule has 17 heavy (non-hydrogen) atoms. The molecule has 0 aromatic carbocycles. The van der Waals surface area contributed by atoms with Crippen LogP contribution in [0.15, 0.2) is 0 Å². The maximum Gasteiger partial charge on any atom is 0.265 e. The molecule has 0 spiro atoms. The van der Waals surface area contributed by atoms with Crippen LogP contribution in [0, 0.1) is 0 Å². The van der Waals surface area contributed by atoms with E-state index in [-0.39, 0.29) is 17.3 Å². The van der Waals surface area contributed by atoms with Gasteiger partial charge in [0.1, 0.15) is 10.7 Å². The normalized spacial score (nSPS) is 11.3. The molecular weight excluding hydrogens is 236 g/mol. The Labute approximate surface area is 106 Å². The van der Waals surface area contributed by atoms with Gasteiger partial charge in [-0.05, 0) is 27.2 Å². The Morgan fingerprint density at radius 1 is 1.47 bits per heavy atom. The van der Waals surface area contributed by atoms with E-state index in [1.165, 1.54) is 11.3 Å². The van der Waals surface area contributed by atoms with Crippen molar-refractivity contribution in [2.75, 3.05) is 17.6 Å². The van der Waals surface area contributed by atoms with Crippen molar-refractivity contribution in [3.05, 3.63) is 4.88 Å². The predicted molar refractivity (Wildman–Crippen MR) is 72.5 cm³/mol. The zero-order chi connectivity index (χ0) is 13.1. The van der Waals surface area contributed by atoms with Crippen molar-refractivity contribution in [1.29, 1.82) is 0 Å². The molecule has 0 aliphatic rings. The van der Waals surface area contributed by atoms with Crippen LogP contribution < -0.4 is 16.4 Å². The average Bonchev–Trinajstić information content (AvgIpc) is 2.53. The Morgan fingerprint density at radius 2 is 2.12 bits per heavy atom. The lowest BCUT2D eigenvalue weighted by molar-refractivity contribution is 0.0958. The number of anilines is 2. The molecule has 0 fully saturated rings. The van der Waals surface area contributed by atoms with Gasteiger partial charge in [0.2, 0.25) is 0 Å². The summed E-state index contributed by atoms with van der Waals surface area (Å²) in [7, 11) is 0. The fraction of sp³-hybridized carbons (Fsp3) is 0.636. The molecule has 6 heteroatoms. The summed E-state index contributed by atoms with van der Waals surface area (Å²) in [5.41, 5.74) is 5.64. The van der Waals surface area contributed by atoms with Crippen LogP contribution in [-0.2, 0) is 0 Å². The second-order valence-electron chi connectivity index (χ2n) is 4.86. The fourth-order valence-corrected chi connectivity index (χ4v) is 2.20. The largest absolute Gasteiger partial charge is 0.382 e. The molecule has 0 saturated heterocycles. The smallest absolute Gasteiger partial charge is 0.265 e. The van der Waals surface area contributed by atoms with Crippen LogP contribution in [-0.4, -0.2) is 23.0 Å². The standard InChI is InChI=1S/C11H20N4OS/c1-5-6-13-9(16)7-8(12)14-10(17-7)15-11(2,3)4/h5-6,12H2,1-4H3,(H,13,16)(H,14,15). The van der Waals surface area contributed by atoms with Crippen molar-refractivity contribution in [3.8, 4) is 0 Å². The minimum Gasteiger partial charge on any atom is -0.382 e. The highest BCUT2D eigenvalue weighted by atomic mass is 32.1. The molecule has 96 valence electrons. The monoisotopic (exact) mass is 256 g/mol. The van der Waals surface area contributed by atoms with Crippen LogP contribution >= 0.6 is 11.3 Å². The Hall–Kier alpha value is -1.30. The molecule has 1 rings (SSSR count). The number of hydrogen-bond donors (Lipinski definition) is 3. The minimum absolute atomic E-state index is 0.0958. The fourth-order valence-electron chi connectivity index (χ4n) is 1.19. The third-order valence-electron chi connectivity index (χ3n) is 1.88. The van der Waals surface area contributed by atoms with E-state index in [1.54, 1.807) is 0 Å². The van der Waals surface area contributed by atoms with Gasteiger partial charge in [-0.3, -0.25) is 4.79 Å². The first-order chi connectivity index (χ1) is 7.83. The molecule has 4 N–H and O–H groups in total. The number of aromatic nitrogens is 1. The molecule has 0 saturated carbocycles. The predicted octanol–water partition coefficient (Wildman–Crippen LogP) is 2.08. The number of carbonyl (C=O) groups is 1. The van der Waals surface area contributed by atoms with Crippen LogP contribution in [0.5, 0.6) is 0 Å². The maximum atomic E-state index is 11.8. The van der Waals surface area contributed by atoms with Crippen molar-refractivity contribution >= 4 is 28.2 Å².